The molecule has 1 aliphatic carbocycles. The Morgan fingerprint density at radius 3 is 2.56 bits per heavy atom. The Morgan fingerprint density at radius 2 is 1.81 bits per heavy atom. The second kappa shape index (κ2) is 7.89. The summed E-state index contributed by atoms with van der Waals surface area (Å²) in [6, 6.07) is 4.53. The van der Waals surface area contributed by atoms with Gasteiger partial charge in [0.05, 0.1) is 34.7 Å². The highest BCUT2D eigenvalue weighted by molar-refractivity contribution is 6.25. The topological polar surface area (TPSA) is 105 Å². The molecule has 0 bridgehead atoms. The van der Waals surface area contributed by atoms with Gasteiger partial charge in [-0.25, -0.2) is 0 Å². The predicted molar refractivity (Wildman–Crippen MR) is 116 cm³/mol. The molecule has 4 amide bonds. The van der Waals surface area contributed by atoms with Gasteiger partial charge in [-0.1, -0.05) is 25.3 Å². The molecule has 3 aliphatic rings. The van der Waals surface area contributed by atoms with Crippen LogP contribution < -0.4 is 10.2 Å². The van der Waals surface area contributed by atoms with E-state index in [1.807, 2.05) is 22.8 Å². The summed E-state index contributed by atoms with van der Waals surface area (Å²) in [5.41, 5.74) is 1.95. The number of hydrogen-bond acceptors (Lipinski definition) is 6. The highest BCUT2D eigenvalue weighted by Crippen LogP contribution is 2.37. The van der Waals surface area contributed by atoms with Crippen LogP contribution in [0.25, 0.3) is 0 Å². The van der Waals surface area contributed by atoms with Gasteiger partial charge in [-0.05, 0) is 31.4 Å². The van der Waals surface area contributed by atoms with Crippen molar-refractivity contribution in [2.45, 2.75) is 57.0 Å². The number of anilines is 2. The average Bonchev–Trinajstić information content (AvgIpc) is 3.39. The summed E-state index contributed by atoms with van der Waals surface area (Å²) in [6.45, 7) is 0. The largest absolute Gasteiger partial charge is 0.341 e. The third kappa shape index (κ3) is 3.28. The molecular formula is C23H25N5O4. The molecule has 2 aliphatic heterocycles. The molecule has 0 radical (unpaired) electrons. The maximum Gasteiger partial charge on any atom is 0.264 e. The Bertz CT molecular complexity index is 1120. The third-order valence-electron chi connectivity index (χ3n) is 6.73. The smallest absolute Gasteiger partial charge is 0.264 e. The van der Waals surface area contributed by atoms with E-state index in [-0.39, 0.29) is 24.0 Å². The van der Waals surface area contributed by atoms with Crippen molar-refractivity contribution in [3.63, 3.8) is 0 Å². The van der Waals surface area contributed by atoms with Crippen LogP contribution in [0.1, 0.15) is 71.7 Å². The van der Waals surface area contributed by atoms with Crippen molar-refractivity contribution >= 4 is 35.0 Å². The molecule has 1 atom stereocenters. The van der Waals surface area contributed by atoms with Crippen LogP contribution in [0.5, 0.6) is 0 Å². The molecule has 9 nitrogen and oxygen atoms in total. The number of carbonyl (C=O) groups excluding carboxylic acids is 4. The number of imide groups is 2. The van der Waals surface area contributed by atoms with Crippen molar-refractivity contribution in [3.05, 3.63) is 41.7 Å². The molecule has 3 heterocycles. The van der Waals surface area contributed by atoms with E-state index in [0.29, 0.717) is 11.7 Å². The zero-order valence-corrected chi connectivity index (χ0v) is 17.9. The Morgan fingerprint density at radius 1 is 1.03 bits per heavy atom. The number of hydrogen-bond donors (Lipinski definition) is 1. The second-order valence-corrected chi connectivity index (χ2v) is 8.68. The van der Waals surface area contributed by atoms with E-state index in [0.717, 1.165) is 23.4 Å². The quantitative estimate of drug-likeness (QED) is 0.740. The fourth-order valence-electron chi connectivity index (χ4n) is 4.96. The summed E-state index contributed by atoms with van der Waals surface area (Å²) in [6.07, 6.45) is 9.87. The molecule has 2 fully saturated rings. The van der Waals surface area contributed by atoms with Crippen molar-refractivity contribution in [2.75, 3.05) is 11.9 Å². The number of benzene rings is 1. The first kappa shape index (κ1) is 20.4. The minimum atomic E-state index is -0.979. The van der Waals surface area contributed by atoms with Crippen LogP contribution in [0.3, 0.4) is 0 Å². The van der Waals surface area contributed by atoms with Gasteiger partial charge < -0.3 is 4.90 Å². The molecule has 5 rings (SSSR count). The van der Waals surface area contributed by atoms with E-state index in [1.54, 1.807) is 24.4 Å². The molecule has 9 heteroatoms. The highest BCUT2D eigenvalue weighted by Gasteiger charge is 2.46. The Balaban J connectivity index is 1.45. The highest BCUT2D eigenvalue weighted by atomic mass is 16.2. The number of carbonyl (C=O) groups is 4. The van der Waals surface area contributed by atoms with Crippen molar-refractivity contribution in [3.8, 4) is 0 Å². The maximum atomic E-state index is 13.3. The minimum absolute atomic E-state index is 0.0942. The molecule has 1 saturated heterocycles. The van der Waals surface area contributed by atoms with Gasteiger partial charge in [0.25, 0.3) is 11.8 Å². The lowest BCUT2D eigenvalue weighted by molar-refractivity contribution is -0.136. The number of amides is 4. The maximum absolute atomic E-state index is 13.3. The molecule has 32 heavy (non-hydrogen) atoms. The molecule has 1 unspecified atom stereocenters. The Labute approximate surface area is 185 Å². The predicted octanol–water partition coefficient (Wildman–Crippen LogP) is 2.56. The summed E-state index contributed by atoms with van der Waals surface area (Å²) in [4.78, 5) is 53.1. The average molecular weight is 435 g/mol. The molecule has 0 spiro atoms. The van der Waals surface area contributed by atoms with E-state index >= 15 is 0 Å². The SMILES string of the molecule is CN(c1cnn(C2CCCCC2)c1)c1cccc2c1C(=O)N(C1CCC(=O)NC1=O)C2=O. The molecule has 1 saturated carbocycles. The van der Waals surface area contributed by atoms with Crippen LogP contribution in [0, 0.1) is 0 Å². The van der Waals surface area contributed by atoms with Gasteiger partial charge >= 0.3 is 0 Å². The van der Waals surface area contributed by atoms with Gasteiger partial charge in [0, 0.05) is 19.7 Å². The van der Waals surface area contributed by atoms with Gasteiger partial charge in [-0.15, -0.1) is 0 Å². The normalized spacial score (nSPS) is 21.7. The van der Waals surface area contributed by atoms with E-state index in [4.69, 9.17) is 0 Å². The number of nitrogens with one attached hydrogen (secondary N) is 1. The zero-order valence-electron chi connectivity index (χ0n) is 17.9. The van der Waals surface area contributed by atoms with Crippen molar-refractivity contribution in [2.24, 2.45) is 0 Å². The first-order chi connectivity index (χ1) is 15.5. The molecule has 166 valence electrons. The number of rotatable bonds is 4. The summed E-state index contributed by atoms with van der Waals surface area (Å²) in [5.74, 6) is -2.02. The Kier molecular flexibility index (Phi) is 5.03. The van der Waals surface area contributed by atoms with Crippen LogP contribution in [0.4, 0.5) is 11.4 Å². The minimum Gasteiger partial charge on any atom is -0.341 e. The molecule has 1 aromatic heterocycles. The summed E-state index contributed by atoms with van der Waals surface area (Å²) < 4.78 is 2.00. The van der Waals surface area contributed by atoms with E-state index in [1.165, 1.54) is 19.3 Å². The van der Waals surface area contributed by atoms with Gasteiger partial charge in [0.15, 0.2) is 0 Å². The number of fused-ring (bicyclic) bond motifs is 1. The first-order valence-electron chi connectivity index (χ1n) is 11.1. The van der Waals surface area contributed by atoms with E-state index in [9.17, 15) is 19.2 Å². The van der Waals surface area contributed by atoms with Crippen LogP contribution in [0.2, 0.25) is 0 Å². The number of piperidine rings is 1. The lowest BCUT2D eigenvalue weighted by Gasteiger charge is -2.28. The van der Waals surface area contributed by atoms with Gasteiger partial charge in [-0.2, -0.15) is 5.10 Å². The second-order valence-electron chi connectivity index (χ2n) is 8.68. The number of aromatic nitrogens is 2. The van der Waals surface area contributed by atoms with Gasteiger partial charge in [-0.3, -0.25) is 34.1 Å². The van der Waals surface area contributed by atoms with Crippen LogP contribution in [-0.2, 0) is 9.59 Å². The van der Waals surface area contributed by atoms with Gasteiger partial charge in [0.2, 0.25) is 11.8 Å². The molecule has 1 aromatic carbocycles. The van der Waals surface area contributed by atoms with Crippen molar-refractivity contribution in [1.82, 2.24) is 20.0 Å². The summed E-state index contributed by atoms with van der Waals surface area (Å²) >= 11 is 0. The number of nitrogens with zero attached hydrogens (tertiary/aromatic N) is 4. The van der Waals surface area contributed by atoms with Crippen molar-refractivity contribution < 1.29 is 19.2 Å². The fraction of sp³-hybridized carbons (Fsp3) is 0.435. The standard InChI is InChI=1S/C23H25N5O4/c1-26(15-12-24-27(13-15)14-6-3-2-4-7-14)17-9-5-8-16-20(17)23(32)28(22(16)31)18-10-11-19(29)25-21(18)30/h5,8-9,12-14,18H,2-4,6-7,10-11H2,1H3,(H,25,29,30). The van der Waals surface area contributed by atoms with Crippen LogP contribution >= 0.6 is 0 Å². The first-order valence-corrected chi connectivity index (χ1v) is 11.1. The third-order valence-corrected chi connectivity index (χ3v) is 6.73. The Hall–Kier alpha value is -3.49. The van der Waals surface area contributed by atoms with Crippen LogP contribution in [0.15, 0.2) is 30.6 Å². The van der Waals surface area contributed by atoms with Gasteiger partial charge in [0.1, 0.15) is 6.04 Å². The van der Waals surface area contributed by atoms with Crippen LogP contribution in [-0.4, -0.2) is 51.4 Å². The lowest BCUT2D eigenvalue weighted by Crippen LogP contribution is -2.54. The summed E-state index contributed by atoms with van der Waals surface area (Å²) in [5, 5.41) is 6.77. The lowest BCUT2D eigenvalue weighted by atomic mass is 9.96. The summed E-state index contributed by atoms with van der Waals surface area (Å²) in [7, 11) is 1.84. The zero-order chi connectivity index (χ0) is 22.4. The molecule has 2 aromatic rings. The monoisotopic (exact) mass is 435 g/mol. The fourth-order valence-corrected chi connectivity index (χ4v) is 4.96. The van der Waals surface area contributed by atoms with Crippen molar-refractivity contribution in [1.29, 1.82) is 0 Å². The molecule has 1 N–H and O–H groups in total. The molecular weight excluding hydrogens is 410 g/mol. The van der Waals surface area contributed by atoms with E-state index in [2.05, 4.69) is 10.4 Å². The van der Waals surface area contributed by atoms with E-state index < -0.39 is 29.7 Å².